The zero-order valence-corrected chi connectivity index (χ0v) is 9.61. The minimum Gasteiger partial charge on any atom is -0.326 e. The molecule has 0 aromatic carbocycles. The predicted molar refractivity (Wildman–Crippen MR) is 65.9 cm³/mol. The van der Waals surface area contributed by atoms with Gasteiger partial charge in [0.15, 0.2) is 0 Å². The van der Waals surface area contributed by atoms with E-state index in [4.69, 9.17) is 5.73 Å². The standard InChI is InChI=1S/C13H20N2/c1-3-5-6-9-15-11-12(10-14)7-8-13(15)4-2/h4,6-9,11H,3,5,10,14H2,1-2H3/b9-6-,13-4-. The van der Waals surface area contributed by atoms with E-state index in [0.29, 0.717) is 6.54 Å². The van der Waals surface area contributed by atoms with Crippen LogP contribution in [0.15, 0.2) is 48.0 Å². The van der Waals surface area contributed by atoms with Crippen LogP contribution in [0.5, 0.6) is 0 Å². The number of hydrogen-bond acceptors (Lipinski definition) is 2. The first-order chi connectivity index (χ1) is 7.31. The van der Waals surface area contributed by atoms with Gasteiger partial charge in [-0.2, -0.15) is 0 Å². The van der Waals surface area contributed by atoms with Gasteiger partial charge in [0, 0.05) is 24.6 Å². The Morgan fingerprint density at radius 3 is 2.80 bits per heavy atom. The Morgan fingerprint density at radius 1 is 1.40 bits per heavy atom. The van der Waals surface area contributed by atoms with Crippen LogP contribution in [0.2, 0.25) is 0 Å². The third kappa shape index (κ3) is 3.40. The monoisotopic (exact) mass is 204 g/mol. The minimum absolute atomic E-state index is 0.589. The molecule has 0 fully saturated rings. The SMILES string of the molecule is C/C=C1/C=CC(CN)=CN1/C=C\CCC. The molecule has 0 radical (unpaired) electrons. The molecule has 0 saturated carbocycles. The minimum atomic E-state index is 0.589. The molecule has 0 bridgehead atoms. The number of rotatable bonds is 4. The topological polar surface area (TPSA) is 29.3 Å². The lowest BCUT2D eigenvalue weighted by Gasteiger charge is -2.21. The fourth-order valence-corrected chi connectivity index (χ4v) is 1.42. The van der Waals surface area contributed by atoms with Crippen LogP contribution in [-0.4, -0.2) is 11.4 Å². The van der Waals surface area contributed by atoms with Crippen molar-refractivity contribution in [3.05, 3.63) is 48.0 Å². The fraction of sp³-hybridized carbons (Fsp3) is 0.385. The van der Waals surface area contributed by atoms with Gasteiger partial charge in [0.25, 0.3) is 0 Å². The van der Waals surface area contributed by atoms with Gasteiger partial charge in [-0.05, 0) is 25.0 Å². The van der Waals surface area contributed by atoms with Gasteiger partial charge in [0.2, 0.25) is 0 Å². The lowest BCUT2D eigenvalue weighted by molar-refractivity contribution is 0.630. The van der Waals surface area contributed by atoms with Crippen molar-refractivity contribution in [1.82, 2.24) is 4.90 Å². The summed E-state index contributed by atoms with van der Waals surface area (Å²) in [7, 11) is 0. The molecule has 0 spiro atoms. The Morgan fingerprint density at radius 2 is 2.20 bits per heavy atom. The van der Waals surface area contributed by atoms with E-state index in [1.54, 1.807) is 0 Å². The van der Waals surface area contributed by atoms with Crippen molar-refractivity contribution < 1.29 is 0 Å². The second-order valence-electron chi connectivity index (χ2n) is 3.54. The number of nitrogens with zero attached hydrogens (tertiary/aromatic N) is 1. The van der Waals surface area contributed by atoms with E-state index in [1.165, 1.54) is 12.1 Å². The van der Waals surface area contributed by atoms with Crippen LogP contribution in [0.25, 0.3) is 0 Å². The molecule has 2 heteroatoms. The van der Waals surface area contributed by atoms with E-state index >= 15 is 0 Å². The van der Waals surface area contributed by atoms with Crippen LogP contribution in [-0.2, 0) is 0 Å². The molecule has 15 heavy (non-hydrogen) atoms. The van der Waals surface area contributed by atoms with Crippen LogP contribution in [0, 0.1) is 0 Å². The van der Waals surface area contributed by atoms with Crippen molar-refractivity contribution in [1.29, 1.82) is 0 Å². The second kappa shape index (κ2) is 6.25. The second-order valence-corrected chi connectivity index (χ2v) is 3.54. The van der Waals surface area contributed by atoms with E-state index in [0.717, 1.165) is 12.0 Å². The van der Waals surface area contributed by atoms with Crippen LogP contribution in [0.4, 0.5) is 0 Å². The van der Waals surface area contributed by atoms with Gasteiger partial charge >= 0.3 is 0 Å². The third-order valence-corrected chi connectivity index (χ3v) is 2.32. The summed E-state index contributed by atoms with van der Waals surface area (Å²) in [5, 5.41) is 0. The molecule has 1 heterocycles. The first kappa shape index (κ1) is 11.8. The molecule has 0 aliphatic carbocycles. The molecule has 0 aromatic rings. The summed E-state index contributed by atoms with van der Waals surface area (Å²) < 4.78 is 0. The molecule has 82 valence electrons. The highest BCUT2D eigenvalue weighted by Crippen LogP contribution is 2.16. The van der Waals surface area contributed by atoms with Gasteiger partial charge < -0.3 is 10.6 Å². The van der Waals surface area contributed by atoms with Gasteiger partial charge in [-0.25, -0.2) is 0 Å². The summed E-state index contributed by atoms with van der Waals surface area (Å²) in [6.07, 6.45) is 14.9. The van der Waals surface area contributed by atoms with Gasteiger partial charge in [-0.15, -0.1) is 0 Å². The van der Waals surface area contributed by atoms with Crippen LogP contribution in [0.3, 0.4) is 0 Å². The quantitative estimate of drug-likeness (QED) is 0.763. The van der Waals surface area contributed by atoms with E-state index in [-0.39, 0.29) is 0 Å². The van der Waals surface area contributed by atoms with E-state index < -0.39 is 0 Å². The number of nitrogens with two attached hydrogens (primary N) is 1. The molecule has 1 aliphatic rings. The molecule has 2 N–H and O–H groups in total. The van der Waals surface area contributed by atoms with Gasteiger partial charge in [-0.3, -0.25) is 0 Å². The molecular weight excluding hydrogens is 184 g/mol. The molecule has 0 amide bonds. The normalized spacial score (nSPS) is 19.0. The maximum Gasteiger partial charge on any atom is 0.0406 e. The highest BCUT2D eigenvalue weighted by atomic mass is 15.1. The first-order valence-electron chi connectivity index (χ1n) is 5.52. The molecule has 0 unspecified atom stereocenters. The summed E-state index contributed by atoms with van der Waals surface area (Å²) in [5.41, 5.74) is 7.97. The summed E-state index contributed by atoms with van der Waals surface area (Å²) in [4.78, 5) is 2.12. The van der Waals surface area contributed by atoms with Gasteiger partial charge in [0.05, 0.1) is 0 Å². The summed E-state index contributed by atoms with van der Waals surface area (Å²) >= 11 is 0. The Bertz CT molecular complexity index is 308. The third-order valence-electron chi connectivity index (χ3n) is 2.32. The van der Waals surface area contributed by atoms with Crippen LogP contribution < -0.4 is 5.73 Å². The van der Waals surface area contributed by atoms with Crippen molar-refractivity contribution >= 4 is 0 Å². The molecule has 1 aliphatic heterocycles. The fourth-order valence-electron chi connectivity index (χ4n) is 1.42. The highest BCUT2D eigenvalue weighted by molar-refractivity contribution is 5.35. The maximum atomic E-state index is 5.62. The lowest BCUT2D eigenvalue weighted by atomic mass is 10.1. The van der Waals surface area contributed by atoms with Crippen LogP contribution >= 0.6 is 0 Å². The number of unbranched alkanes of at least 4 members (excludes halogenated alkanes) is 1. The Kier molecular flexibility index (Phi) is 4.91. The van der Waals surface area contributed by atoms with Crippen molar-refractivity contribution in [2.45, 2.75) is 26.7 Å². The smallest absolute Gasteiger partial charge is 0.0406 e. The average Bonchev–Trinajstić information content (AvgIpc) is 2.29. The van der Waals surface area contributed by atoms with E-state index in [9.17, 15) is 0 Å². The molecule has 1 rings (SSSR count). The Labute approximate surface area is 92.5 Å². The maximum absolute atomic E-state index is 5.62. The van der Waals surface area contributed by atoms with E-state index in [2.05, 4.69) is 48.5 Å². The van der Waals surface area contributed by atoms with Crippen molar-refractivity contribution in [2.24, 2.45) is 5.73 Å². The van der Waals surface area contributed by atoms with Crippen molar-refractivity contribution in [3.8, 4) is 0 Å². The number of allylic oxidation sites excluding steroid dienone is 3. The summed E-state index contributed by atoms with van der Waals surface area (Å²) in [5.74, 6) is 0. The number of hydrogen-bond donors (Lipinski definition) is 1. The Balaban J connectivity index is 2.74. The lowest BCUT2D eigenvalue weighted by Crippen LogP contribution is -2.14. The van der Waals surface area contributed by atoms with E-state index in [1.807, 2.05) is 6.92 Å². The van der Waals surface area contributed by atoms with Crippen molar-refractivity contribution in [3.63, 3.8) is 0 Å². The molecule has 0 aromatic heterocycles. The molecular formula is C13H20N2. The summed E-state index contributed by atoms with van der Waals surface area (Å²) in [6.45, 7) is 4.81. The van der Waals surface area contributed by atoms with Crippen LogP contribution in [0.1, 0.15) is 26.7 Å². The van der Waals surface area contributed by atoms with Gasteiger partial charge in [-0.1, -0.05) is 31.6 Å². The largest absolute Gasteiger partial charge is 0.326 e. The zero-order chi connectivity index (χ0) is 11.1. The zero-order valence-electron chi connectivity index (χ0n) is 9.61. The van der Waals surface area contributed by atoms with Gasteiger partial charge in [0.1, 0.15) is 0 Å². The Hall–Kier alpha value is -1.28. The predicted octanol–water partition coefficient (Wildman–Crippen LogP) is 2.92. The molecule has 0 atom stereocenters. The van der Waals surface area contributed by atoms with Crippen molar-refractivity contribution in [2.75, 3.05) is 6.54 Å². The highest BCUT2D eigenvalue weighted by Gasteiger charge is 2.05. The molecule has 2 nitrogen and oxygen atoms in total. The first-order valence-corrected chi connectivity index (χ1v) is 5.52. The summed E-state index contributed by atoms with van der Waals surface area (Å²) in [6, 6.07) is 0. The average molecular weight is 204 g/mol. The molecule has 0 saturated heterocycles.